The molecule has 1 aromatic heterocycles. The molecule has 0 atom stereocenters. The average molecular weight is 393 g/mol. The van der Waals surface area contributed by atoms with E-state index in [0.29, 0.717) is 18.3 Å². The quantitative estimate of drug-likeness (QED) is 0.573. The van der Waals surface area contributed by atoms with Crippen LogP contribution in [0.1, 0.15) is 38.6 Å². The van der Waals surface area contributed by atoms with Crippen LogP contribution in [0.5, 0.6) is 5.75 Å². The van der Waals surface area contributed by atoms with E-state index in [1.165, 1.54) is 6.42 Å². The van der Waals surface area contributed by atoms with Gasteiger partial charge in [0, 0.05) is 22.7 Å². The zero-order valence-corrected chi connectivity index (χ0v) is 16.9. The number of carbonyl (C=O) groups is 1. The van der Waals surface area contributed by atoms with Crippen LogP contribution in [0.15, 0.2) is 42.5 Å². The molecule has 29 heavy (non-hydrogen) atoms. The Hall–Kier alpha value is -3.15. The van der Waals surface area contributed by atoms with E-state index in [9.17, 15) is 4.79 Å². The highest BCUT2D eigenvalue weighted by Crippen LogP contribution is 2.44. The monoisotopic (exact) mass is 393 g/mol. The fourth-order valence-electron chi connectivity index (χ4n) is 3.82. The number of carbonyl (C=O) groups excluding carboxylic acids is 1. The van der Waals surface area contributed by atoms with Crippen LogP contribution in [0.2, 0.25) is 0 Å². The van der Waals surface area contributed by atoms with Gasteiger partial charge in [-0.1, -0.05) is 19.1 Å². The van der Waals surface area contributed by atoms with Crippen molar-refractivity contribution in [2.75, 3.05) is 24.8 Å². The van der Waals surface area contributed by atoms with E-state index in [-0.39, 0.29) is 0 Å². The van der Waals surface area contributed by atoms with Gasteiger partial charge < -0.3 is 19.8 Å². The number of methoxy groups -OCH3 is 1. The SMILES string of the molecule is CCCOC(=O)Nc1ccc(-c2c(N)c3cc(OC)ccc3n2C2CCC2)cc1. The van der Waals surface area contributed by atoms with E-state index >= 15 is 0 Å². The minimum absolute atomic E-state index is 0.408. The van der Waals surface area contributed by atoms with E-state index in [2.05, 4.69) is 16.0 Å². The highest BCUT2D eigenvalue weighted by atomic mass is 16.5. The second-order valence-corrected chi connectivity index (χ2v) is 7.44. The van der Waals surface area contributed by atoms with Crippen molar-refractivity contribution in [3.05, 3.63) is 42.5 Å². The Kier molecular flexibility index (Phi) is 5.34. The molecule has 152 valence electrons. The number of nitrogens with two attached hydrogens (primary N) is 1. The van der Waals surface area contributed by atoms with Crippen LogP contribution in [0, 0.1) is 0 Å². The first kappa shape index (κ1) is 19.2. The van der Waals surface area contributed by atoms with Crippen LogP contribution < -0.4 is 15.8 Å². The molecule has 3 N–H and O–H groups in total. The molecule has 1 heterocycles. The number of nitrogen functional groups attached to an aromatic ring is 1. The average Bonchev–Trinajstić information content (AvgIpc) is 2.97. The van der Waals surface area contributed by atoms with Gasteiger partial charge in [0.25, 0.3) is 0 Å². The Bertz CT molecular complexity index is 1020. The third kappa shape index (κ3) is 3.62. The van der Waals surface area contributed by atoms with Crippen LogP contribution >= 0.6 is 0 Å². The molecule has 1 aliphatic carbocycles. The van der Waals surface area contributed by atoms with Crippen LogP contribution in [-0.2, 0) is 4.74 Å². The number of benzene rings is 2. The Morgan fingerprint density at radius 1 is 1.21 bits per heavy atom. The second kappa shape index (κ2) is 8.07. The number of anilines is 2. The van der Waals surface area contributed by atoms with Gasteiger partial charge in [-0.05, 0) is 56.0 Å². The lowest BCUT2D eigenvalue weighted by molar-refractivity contribution is 0.161. The van der Waals surface area contributed by atoms with Crippen LogP contribution in [-0.4, -0.2) is 24.4 Å². The number of rotatable bonds is 6. The summed E-state index contributed by atoms with van der Waals surface area (Å²) in [6.45, 7) is 2.37. The predicted octanol–water partition coefficient (Wildman–Crippen LogP) is 5.58. The third-order valence-electron chi connectivity index (χ3n) is 5.53. The zero-order chi connectivity index (χ0) is 20.4. The van der Waals surface area contributed by atoms with Gasteiger partial charge in [0.1, 0.15) is 5.75 Å². The van der Waals surface area contributed by atoms with E-state index < -0.39 is 6.09 Å². The van der Waals surface area contributed by atoms with E-state index in [4.69, 9.17) is 15.2 Å². The molecule has 0 radical (unpaired) electrons. The predicted molar refractivity (Wildman–Crippen MR) is 116 cm³/mol. The van der Waals surface area contributed by atoms with E-state index in [1.54, 1.807) is 7.11 Å². The van der Waals surface area contributed by atoms with Crippen molar-refractivity contribution in [1.29, 1.82) is 0 Å². The maximum atomic E-state index is 11.8. The molecule has 4 rings (SSSR count). The molecule has 1 fully saturated rings. The number of aromatic nitrogens is 1. The first-order valence-electron chi connectivity index (χ1n) is 10.1. The minimum atomic E-state index is -0.435. The normalized spacial score (nSPS) is 13.9. The first-order valence-corrected chi connectivity index (χ1v) is 10.1. The van der Waals surface area contributed by atoms with Gasteiger partial charge >= 0.3 is 6.09 Å². The van der Waals surface area contributed by atoms with Gasteiger partial charge in [-0.15, -0.1) is 0 Å². The van der Waals surface area contributed by atoms with Crippen LogP contribution in [0.4, 0.5) is 16.2 Å². The molecule has 6 nitrogen and oxygen atoms in total. The fourth-order valence-corrected chi connectivity index (χ4v) is 3.82. The molecule has 0 bridgehead atoms. The topological polar surface area (TPSA) is 78.5 Å². The number of nitrogens with zero attached hydrogens (tertiary/aromatic N) is 1. The molecule has 1 saturated carbocycles. The maximum Gasteiger partial charge on any atom is 0.411 e. The Balaban J connectivity index is 1.71. The third-order valence-corrected chi connectivity index (χ3v) is 5.53. The van der Waals surface area contributed by atoms with Gasteiger partial charge in [-0.2, -0.15) is 0 Å². The molecule has 0 aliphatic heterocycles. The summed E-state index contributed by atoms with van der Waals surface area (Å²) in [5, 5.41) is 3.77. The van der Waals surface area contributed by atoms with Crippen molar-refractivity contribution in [1.82, 2.24) is 4.57 Å². The molecule has 6 heteroatoms. The van der Waals surface area contributed by atoms with Crippen LogP contribution in [0.25, 0.3) is 22.2 Å². The summed E-state index contributed by atoms with van der Waals surface area (Å²) in [4.78, 5) is 11.8. The maximum absolute atomic E-state index is 11.8. The van der Waals surface area contributed by atoms with Gasteiger partial charge in [0.2, 0.25) is 0 Å². The van der Waals surface area contributed by atoms with Crippen LogP contribution in [0.3, 0.4) is 0 Å². The summed E-state index contributed by atoms with van der Waals surface area (Å²) in [6.07, 6.45) is 3.91. The number of fused-ring (bicyclic) bond motifs is 1. The standard InChI is InChI=1S/C23H27N3O3/c1-3-13-29-23(27)25-16-9-7-15(8-10-16)22-21(24)19-14-18(28-2)11-12-20(19)26(22)17-5-4-6-17/h7-12,14,17H,3-6,13,24H2,1-2H3,(H,25,27). The van der Waals surface area contributed by atoms with Crippen molar-refractivity contribution >= 4 is 28.4 Å². The summed E-state index contributed by atoms with van der Waals surface area (Å²) in [6, 6.07) is 14.3. The fraction of sp³-hybridized carbons (Fsp3) is 0.348. The van der Waals surface area contributed by atoms with Gasteiger partial charge in [-0.3, -0.25) is 5.32 Å². The highest BCUT2D eigenvalue weighted by Gasteiger charge is 2.27. The summed E-state index contributed by atoms with van der Waals surface area (Å²) >= 11 is 0. The molecule has 2 aromatic carbocycles. The lowest BCUT2D eigenvalue weighted by Crippen LogP contribution is -2.18. The van der Waals surface area contributed by atoms with Crippen molar-refractivity contribution in [2.24, 2.45) is 0 Å². The molecular weight excluding hydrogens is 366 g/mol. The van der Waals surface area contributed by atoms with Gasteiger partial charge in [-0.25, -0.2) is 4.79 Å². The summed E-state index contributed by atoms with van der Waals surface area (Å²) in [5.74, 6) is 0.798. The van der Waals surface area contributed by atoms with Gasteiger partial charge in [0.15, 0.2) is 0 Å². The van der Waals surface area contributed by atoms with Crippen molar-refractivity contribution in [3.8, 4) is 17.0 Å². The van der Waals surface area contributed by atoms with Crippen molar-refractivity contribution < 1.29 is 14.3 Å². The molecule has 3 aromatic rings. The zero-order valence-electron chi connectivity index (χ0n) is 16.9. The highest BCUT2D eigenvalue weighted by molar-refractivity contribution is 6.02. The summed E-state index contributed by atoms with van der Waals surface area (Å²) in [5.41, 5.74) is 11.3. The van der Waals surface area contributed by atoms with Crippen molar-refractivity contribution in [2.45, 2.75) is 38.6 Å². The molecule has 0 saturated heterocycles. The largest absolute Gasteiger partial charge is 0.497 e. The Morgan fingerprint density at radius 3 is 2.59 bits per heavy atom. The van der Waals surface area contributed by atoms with E-state index in [0.717, 1.165) is 52.9 Å². The lowest BCUT2D eigenvalue weighted by Gasteiger charge is -2.30. The Labute approximate surface area is 170 Å². The van der Waals surface area contributed by atoms with Crippen molar-refractivity contribution in [3.63, 3.8) is 0 Å². The second-order valence-electron chi connectivity index (χ2n) is 7.44. The molecule has 1 aliphatic rings. The smallest absolute Gasteiger partial charge is 0.411 e. The number of ether oxygens (including phenoxy) is 2. The summed E-state index contributed by atoms with van der Waals surface area (Å²) in [7, 11) is 1.67. The molecule has 0 spiro atoms. The van der Waals surface area contributed by atoms with Gasteiger partial charge in [0.05, 0.1) is 30.6 Å². The number of hydrogen-bond donors (Lipinski definition) is 2. The molecular formula is C23H27N3O3. The lowest BCUT2D eigenvalue weighted by atomic mass is 9.92. The summed E-state index contributed by atoms with van der Waals surface area (Å²) < 4.78 is 12.8. The number of hydrogen-bond acceptors (Lipinski definition) is 4. The first-order chi connectivity index (χ1) is 14.1. The minimum Gasteiger partial charge on any atom is -0.497 e. The molecule has 0 unspecified atom stereocenters. The Morgan fingerprint density at radius 2 is 1.97 bits per heavy atom. The number of nitrogens with one attached hydrogen (secondary N) is 1. The number of amides is 1. The molecule has 1 amide bonds. The van der Waals surface area contributed by atoms with E-state index in [1.807, 2.05) is 43.3 Å².